The number of hydrogen-bond acceptors (Lipinski definition) is 2. The average molecular weight is 344 g/mol. The molecule has 4 heteroatoms. The van der Waals surface area contributed by atoms with Crippen molar-refractivity contribution in [1.29, 1.82) is 0 Å². The first-order valence-corrected chi connectivity index (χ1v) is 7.78. The zero-order valence-electron chi connectivity index (χ0n) is 12.8. The maximum absolute atomic E-state index is 14.2. The molecule has 1 aromatic rings. The Morgan fingerprint density at radius 3 is 2.50 bits per heavy atom. The smallest absolute Gasteiger partial charge is 0.128 e. The van der Waals surface area contributed by atoms with Gasteiger partial charge in [0, 0.05) is 22.0 Å². The van der Waals surface area contributed by atoms with Gasteiger partial charge in [-0.25, -0.2) is 4.39 Å². The third kappa shape index (κ3) is 3.07. The molecule has 2 rings (SSSR count). The summed E-state index contributed by atoms with van der Waals surface area (Å²) in [4.78, 5) is 0. The molecule has 0 radical (unpaired) electrons. The van der Waals surface area contributed by atoms with Gasteiger partial charge in [0.05, 0.1) is 11.2 Å². The lowest BCUT2D eigenvalue weighted by atomic mass is 9.79. The van der Waals surface area contributed by atoms with Crippen LogP contribution >= 0.6 is 15.9 Å². The zero-order valence-corrected chi connectivity index (χ0v) is 14.3. The molecular weight excluding hydrogens is 321 g/mol. The Bertz CT molecular complexity index is 501. The second kappa shape index (κ2) is 5.39. The first-order chi connectivity index (χ1) is 9.16. The standard InChI is InChI=1S/C16H23BrFNO/c1-15(2)9-12(16(3,4)20-15)14(19-5)11-8-10(17)6-7-13(11)18/h6-8,12,14,19H,9H2,1-5H3. The first kappa shape index (κ1) is 15.9. The lowest BCUT2D eigenvalue weighted by molar-refractivity contribution is -0.0777. The van der Waals surface area contributed by atoms with E-state index in [2.05, 4.69) is 48.9 Å². The van der Waals surface area contributed by atoms with Crippen LogP contribution in [0.1, 0.15) is 45.7 Å². The lowest BCUT2D eigenvalue weighted by Crippen LogP contribution is -2.37. The van der Waals surface area contributed by atoms with Crippen molar-refractivity contribution in [2.24, 2.45) is 5.92 Å². The van der Waals surface area contributed by atoms with Gasteiger partial charge in [-0.05, 0) is 59.4 Å². The van der Waals surface area contributed by atoms with Crippen LogP contribution in [0.25, 0.3) is 0 Å². The van der Waals surface area contributed by atoms with Gasteiger partial charge in [0.15, 0.2) is 0 Å². The van der Waals surface area contributed by atoms with Crippen LogP contribution in [0.3, 0.4) is 0 Å². The second-order valence-corrected chi connectivity index (χ2v) is 7.62. The van der Waals surface area contributed by atoms with Gasteiger partial charge in [-0.1, -0.05) is 15.9 Å². The van der Waals surface area contributed by atoms with Crippen molar-refractivity contribution < 1.29 is 9.13 Å². The highest BCUT2D eigenvalue weighted by atomic mass is 79.9. The van der Waals surface area contributed by atoms with E-state index < -0.39 is 0 Å². The Hall–Kier alpha value is -0.450. The fourth-order valence-electron chi connectivity index (χ4n) is 3.45. The Kier molecular flexibility index (Phi) is 4.30. The van der Waals surface area contributed by atoms with Gasteiger partial charge in [-0.15, -0.1) is 0 Å². The van der Waals surface area contributed by atoms with Crippen LogP contribution in [0.15, 0.2) is 22.7 Å². The number of nitrogens with one attached hydrogen (secondary N) is 1. The molecule has 0 aliphatic carbocycles. The summed E-state index contributed by atoms with van der Waals surface area (Å²) in [6.07, 6.45) is 0.900. The summed E-state index contributed by atoms with van der Waals surface area (Å²) in [6, 6.07) is 5.03. The summed E-state index contributed by atoms with van der Waals surface area (Å²) < 4.78 is 21.2. The molecular formula is C16H23BrFNO. The van der Waals surface area contributed by atoms with E-state index in [0.717, 1.165) is 10.9 Å². The average Bonchev–Trinajstić information content (AvgIpc) is 2.53. The van der Waals surface area contributed by atoms with Gasteiger partial charge in [0.25, 0.3) is 0 Å². The second-order valence-electron chi connectivity index (χ2n) is 6.71. The molecule has 112 valence electrons. The number of halogens is 2. The van der Waals surface area contributed by atoms with Crippen molar-refractivity contribution in [3.8, 4) is 0 Å². The molecule has 0 aromatic heterocycles. The number of ether oxygens (including phenoxy) is 1. The van der Waals surface area contributed by atoms with Gasteiger partial charge in [-0.3, -0.25) is 0 Å². The molecule has 0 saturated carbocycles. The number of benzene rings is 1. The van der Waals surface area contributed by atoms with E-state index >= 15 is 0 Å². The molecule has 0 spiro atoms. The van der Waals surface area contributed by atoms with Crippen LogP contribution in [0.4, 0.5) is 4.39 Å². The normalized spacial score (nSPS) is 25.6. The summed E-state index contributed by atoms with van der Waals surface area (Å²) in [5, 5.41) is 3.28. The summed E-state index contributed by atoms with van der Waals surface area (Å²) in [7, 11) is 1.88. The molecule has 1 saturated heterocycles. The fourth-order valence-corrected chi connectivity index (χ4v) is 3.83. The highest BCUT2D eigenvalue weighted by Gasteiger charge is 2.49. The highest BCUT2D eigenvalue weighted by Crippen LogP contribution is 2.48. The maximum atomic E-state index is 14.2. The van der Waals surface area contributed by atoms with Crippen LogP contribution < -0.4 is 5.32 Å². The van der Waals surface area contributed by atoms with E-state index in [9.17, 15) is 4.39 Å². The summed E-state index contributed by atoms with van der Waals surface area (Å²) in [5.74, 6) is 0.0411. The number of hydrogen-bond donors (Lipinski definition) is 1. The molecule has 1 aliphatic rings. The third-order valence-electron chi connectivity index (χ3n) is 4.15. The number of rotatable bonds is 3. The van der Waals surface area contributed by atoms with Gasteiger partial charge in [-0.2, -0.15) is 0 Å². The predicted octanol–water partition coefficient (Wildman–Crippen LogP) is 4.44. The summed E-state index contributed by atoms with van der Waals surface area (Å²) in [6.45, 7) is 8.37. The minimum atomic E-state index is -0.286. The molecule has 20 heavy (non-hydrogen) atoms. The van der Waals surface area contributed by atoms with Gasteiger partial charge >= 0.3 is 0 Å². The SMILES string of the molecule is CNC(c1cc(Br)ccc1F)C1CC(C)(C)OC1(C)C. The van der Waals surface area contributed by atoms with Crippen molar-refractivity contribution in [2.75, 3.05) is 7.05 Å². The molecule has 0 bridgehead atoms. The Morgan fingerprint density at radius 1 is 1.35 bits per heavy atom. The van der Waals surface area contributed by atoms with Crippen molar-refractivity contribution in [3.05, 3.63) is 34.1 Å². The fraction of sp³-hybridized carbons (Fsp3) is 0.625. The minimum absolute atomic E-state index is 0.0655. The molecule has 2 nitrogen and oxygen atoms in total. The first-order valence-electron chi connectivity index (χ1n) is 6.99. The van der Waals surface area contributed by atoms with Crippen molar-refractivity contribution in [3.63, 3.8) is 0 Å². The molecule has 2 atom stereocenters. The van der Waals surface area contributed by atoms with Gasteiger partial charge < -0.3 is 10.1 Å². The van der Waals surface area contributed by atoms with Gasteiger partial charge in [0.2, 0.25) is 0 Å². The van der Waals surface area contributed by atoms with Crippen molar-refractivity contribution in [1.82, 2.24) is 5.32 Å². The van der Waals surface area contributed by atoms with Crippen LogP contribution in [0, 0.1) is 11.7 Å². The Labute approximate surface area is 129 Å². The van der Waals surface area contributed by atoms with E-state index in [4.69, 9.17) is 4.74 Å². The van der Waals surface area contributed by atoms with E-state index in [1.165, 1.54) is 6.07 Å². The minimum Gasteiger partial charge on any atom is -0.369 e. The molecule has 2 unspecified atom stereocenters. The molecule has 0 amide bonds. The third-order valence-corrected chi connectivity index (χ3v) is 4.64. The highest BCUT2D eigenvalue weighted by molar-refractivity contribution is 9.10. The van der Waals surface area contributed by atoms with Crippen LogP contribution in [-0.4, -0.2) is 18.2 Å². The van der Waals surface area contributed by atoms with E-state index in [1.807, 2.05) is 13.1 Å². The quantitative estimate of drug-likeness (QED) is 0.875. The van der Waals surface area contributed by atoms with E-state index in [-0.39, 0.29) is 29.0 Å². The monoisotopic (exact) mass is 343 g/mol. The van der Waals surface area contributed by atoms with Crippen LogP contribution in [0.5, 0.6) is 0 Å². The van der Waals surface area contributed by atoms with E-state index in [0.29, 0.717) is 5.56 Å². The molecule has 1 N–H and O–H groups in total. The van der Waals surface area contributed by atoms with Crippen LogP contribution in [0.2, 0.25) is 0 Å². The summed E-state index contributed by atoms with van der Waals surface area (Å²) >= 11 is 3.43. The molecule has 1 fully saturated rings. The molecule has 1 aliphatic heterocycles. The molecule has 1 heterocycles. The maximum Gasteiger partial charge on any atom is 0.128 e. The Morgan fingerprint density at radius 2 is 2.00 bits per heavy atom. The van der Waals surface area contributed by atoms with Crippen molar-refractivity contribution in [2.45, 2.75) is 51.4 Å². The van der Waals surface area contributed by atoms with E-state index in [1.54, 1.807) is 6.07 Å². The Balaban J connectivity index is 2.40. The van der Waals surface area contributed by atoms with Crippen LogP contribution in [-0.2, 0) is 4.74 Å². The zero-order chi connectivity index (χ0) is 15.1. The lowest BCUT2D eigenvalue weighted by Gasteiger charge is -2.33. The molecule has 1 aromatic carbocycles. The summed E-state index contributed by atoms with van der Waals surface area (Å²) in [5.41, 5.74) is 0.235. The predicted molar refractivity (Wildman–Crippen MR) is 83.3 cm³/mol. The topological polar surface area (TPSA) is 21.3 Å². The largest absolute Gasteiger partial charge is 0.369 e. The van der Waals surface area contributed by atoms with Crippen molar-refractivity contribution >= 4 is 15.9 Å². The van der Waals surface area contributed by atoms with Gasteiger partial charge in [0.1, 0.15) is 5.82 Å².